The predicted molar refractivity (Wildman–Crippen MR) is 67.5 cm³/mol. The third kappa shape index (κ3) is 2.61. The molecule has 0 aliphatic heterocycles. The van der Waals surface area contributed by atoms with Crippen LogP contribution in [0.1, 0.15) is 44.4 Å². The van der Waals surface area contributed by atoms with Crippen LogP contribution in [0.5, 0.6) is 0 Å². The first kappa shape index (κ1) is 11.2. The quantitative estimate of drug-likeness (QED) is 0.804. The summed E-state index contributed by atoms with van der Waals surface area (Å²) in [5.41, 5.74) is 0.592. The molecule has 2 atom stereocenters. The summed E-state index contributed by atoms with van der Waals surface area (Å²) in [4.78, 5) is 1.50. The molecule has 0 radical (unpaired) electrons. The van der Waals surface area contributed by atoms with Gasteiger partial charge in [0.1, 0.15) is 0 Å². The van der Waals surface area contributed by atoms with Gasteiger partial charge in [-0.15, -0.1) is 11.3 Å². The standard InChI is InChI=1S/C13H21NS/c1-10(12-5-4-8-15-12)9-14-11(2)13(3)6-7-13/h4-5,8,10-11,14H,6-7,9H2,1-3H3. The van der Waals surface area contributed by atoms with E-state index in [1.165, 1.54) is 17.7 Å². The molecule has 84 valence electrons. The van der Waals surface area contributed by atoms with E-state index in [0.29, 0.717) is 17.4 Å². The van der Waals surface area contributed by atoms with E-state index >= 15 is 0 Å². The van der Waals surface area contributed by atoms with Crippen LogP contribution in [-0.2, 0) is 0 Å². The molecule has 1 fully saturated rings. The summed E-state index contributed by atoms with van der Waals surface area (Å²) in [7, 11) is 0. The number of hydrogen-bond acceptors (Lipinski definition) is 2. The fourth-order valence-electron chi connectivity index (χ4n) is 1.90. The molecule has 1 aliphatic rings. The summed E-state index contributed by atoms with van der Waals surface area (Å²) >= 11 is 1.87. The van der Waals surface area contributed by atoms with Crippen molar-refractivity contribution >= 4 is 11.3 Å². The normalized spacial score (nSPS) is 22.3. The SMILES string of the molecule is CC(CNC(C)C1(C)CC1)c1cccs1. The first-order chi connectivity index (χ1) is 7.12. The second kappa shape index (κ2) is 4.26. The Labute approximate surface area is 96.9 Å². The second-order valence-corrected chi connectivity index (χ2v) is 6.18. The minimum atomic E-state index is 0.592. The van der Waals surface area contributed by atoms with Gasteiger partial charge in [0, 0.05) is 23.4 Å². The first-order valence-corrected chi connectivity index (χ1v) is 6.76. The van der Waals surface area contributed by atoms with Crippen molar-refractivity contribution < 1.29 is 0 Å². The van der Waals surface area contributed by atoms with E-state index in [-0.39, 0.29) is 0 Å². The zero-order chi connectivity index (χ0) is 10.9. The van der Waals surface area contributed by atoms with Crippen LogP contribution in [0.4, 0.5) is 0 Å². The molecule has 2 rings (SSSR count). The zero-order valence-electron chi connectivity index (χ0n) is 9.92. The third-order valence-corrected chi connectivity index (χ3v) is 4.95. The van der Waals surface area contributed by atoms with Crippen LogP contribution in [0.15, 0.2) is 17.5 Å². The molecule has 1 nitrogen and oxygen atoms in total. The molecular weight excluding hydrogens is 202 g/mol. The lowest BCUT2D eigenvalue weighted by Crippen LogP contribution is -2.35. The lowest BCUT2D eigenvalue weighted by Gasteiger charge is -2.22. The van der Waals surface area contributed by atoms with Crippen molar-refractivity contribution in [2.75, 3.05) is 6.54 Å². The topological polar surface area (TPSA) is 12.0 Å². The van der Waals surface area contributed by atoms with Gasteiger partial charge in [0.25, 0.3) is 0 Å². The highest BCUT2D eigenvalue weighted by Gasteiger charge is 2.42. The Bertz CT molecular complexity index is 300. The number of rotatable bonds is 5. The molecular formula is C13H21NS. The summed E-state index contributed by atoms with van der Waals surface area (Å²) in [6, 6.07) is 5.04. The molecule has 1 aromatic heterocycles. The molecule has 1 heterocycles. The maximum atomic E-state index is 3.68. The minimum Gasteiger partial charge on any atom is -0.313 e. The predicted octanol–water partition coefficient (Wildman–Crippen LogP) is 3.63. The van der Waals surface area contributed by atoms with Gasteiger partial charge in [0.05, 0.1) is 0 Å². The van der Waals surface area contributed by atoms with Crippen molar-refractivity contribution in [2.24, 2.45) is 5.41 Å². The highest BCUT2D eigenvalue weighted by molar-refractivity contribution is 7.10. The Morgan fingerprint density at radius 1 is 1.47 bits per heavy atom. The van der Waals surface area contributed by atoms with Gasteiger partial charge in [-0.05, 0) is 36.6 Å². The van der Waals surface area contributed by atoms with Crippen molar-refractivity contribution in [1.29, 1.82) is 0 Å². The maximum absolute atomic E-state index is 3.68. The van der Waals surface area contributed by atoms with Gasteiger partial charge in [0.2, 0.25) is 0 Å². The van der Waals surface area contributed by atoms with E-state index in [0.717, 1.165) is 6.54 Å². The van der Waals surface area contributed by atoms with Crippen LogP contribution >= 0.6 is 11.3 Å². The van der Waals surface area contributed by atoms with Crippen LogP contribution in [0.25, 0.3) is 0 Å². The molecule has 1 saturated carbocycles. The van der Waals surface area contributed by atoms with Crippen molar-refractivity contribution in [3.05, 3.63) is 22.4 Å². The van der Waals surface area contributed by atoms with Crippen LogP contribution in [0.2, 0.25) is 0 Å². The fraction of sp³-hybridized carbons (Fsp3) is 0.692. The van der Waals surface area contributed by atoms with E-state index < -0.39 is 0 Å². The Balaban J connectivity index is 1.78. The van der Waals surface area contributed by atoms with Crippen molar-refractivity contribution in [3.8, 4) is 0 Å². The van der Waals surface area contributed by atoms with Crippen LogP contribution in [0.3, 0.4) is 0 Å². The summed E-state index contributed by atoms with van der Waals surface area (Å²) in [5, 5.41) is 5.84. The smallest absolute Gasteiger partial charge is 0.00928 e. The van der Waals surface area contributed by atoms with E-state index in [1.54, 1.807) is 0 Å². The Hall–Kier alpha value is -0.340. The molecule has 0 spiro atoms. The Morgan fingerprint density at radius 2 is 2.20 bits per heavy atom. The highest BCUT2D eigenvalue weighted by Crippen LogP contribution is 2.47. The minimum absolute atomic E-state index is 0.592. The molecule has 0 aromatic carbocycles. The summed E-state index contributed by atoms with van der Waals surface area (Å²) < 4.78 is 0. The Kier molecular flexibility index (Phi) is 3.17. The lowest BCUT2D eigenvalue weighted by molar-refractivity contribution is 0.375. The number of hydrogen-bond donors (Lipinski definition) is 1. The first-order valence-electron chi connectivity index (χ1n) is 5.88. The van der Waals surface area contributed by atoms with Crippen LogP contribution in [0, 0.1) is 5.41 Å². The zero-order valence-corrected chi connectivity index (χ0v) is 10.7. The molecule has 15 heavy (non-hydrogen) atoms. The molecule has 2 heteroatoms. The average Bonchev–Trinajstić information content (AvgIpc) is 2.79. The van der Waals surface area contributed by atoms with Gasteiger partial charge in [-0.1, -0.05) is 19.9 Å². The largest absolute Gasteiger partial charge is 0.313 e. The van der Waals surface area contributed by atoms with Crippen LogP contribution in [-0.4, -0.2) is 12.6 Å². The third-order valence-electron chi connectivity index (χ3n) is 3.84. The second-order valence-electron chi connectivity index (χ2n) is 5.20. The van der Waals surface area contributed by atoms with Gasteiger partial charge in [-0.25, -0.2) is 0 Å². The molecule has 0 bridgehead atoms. The van der Waals surface area contributed by atoms with Gasteiger partial charge in [-0.2, -0.15) is 0 Å². The summed E-state index contributed by atoms with van der Waals surface area (Å²) in [6.07, 6.45) is 2.79. The highest BCUT2D eigenvalue weighted by atomic mass is 32.1. The van der Waals surface area contributed by atoms with E-state index in [2.05, 4.69) is 43.6 Å². The van der Waals surface area contributed by atoms with Crippen molar-refractivity contribution in [1.82, 2.24) is 5.32 Å². The molecule has 2 unspecified atom stereocenters. The lowest BCUT2D eigenvalue weighted by atomic mass is 10.00. The summed E-state index contributed by atoms with van der Waals surface area (Å²) in [5.74, 6) is 0.648. The van der Waals surface area contributed by atoms with Gasteiger partial charge < -0.3 is 5.32 Å². The molecule has 1 aromatic rings. The maximum Gasteiger partial charge on any atom is 0.00928 e. The van der Waals surface area contributed by atoms with Gasteiger partial charge in [0.15, 0.2) is 0 Å². The number of nitrogens with one attached hydrogen (secondary N) is 1. The molecule has 1 N–H and O–H groups in total. The average molecular weight is 223 g/mol. The van der Waals surface area contributed by atoms with Crippen LogP contribution < -0.4 is 5.32 Å². The fourth-order valence-corrected chi connectivity index (χ4v) is 2.69. The van der Waals surface area contributed by atoms with E-state index in [9.17, 15) is 0 Å². The van der Waals surface area contributed by atoms with E-state index in [4.69, 9.17) is 0 Å². The van der Waals surface area contributed by atoms with Crippen molar-refractivity contribution in [2.45, 2.75) is 45.6 Å². The van der Waals surface area contributed by atoms with Gasteiger partial charge in [-0.3, -0.25) is 0 Å². The molecule has 0 amide bonds. The number of thiophene rings is 1. The van der Waals surface area contributed by atoms with Crippen molar-refractivity contribution in [3.63, 3.8) is 0 Å². The summed E-state index contributed by atoms with van der Waals surface area (Å²) in [6.45, 7) is 8.13. The molecule has 1 aliphatic carbocycles. The monoisotopic (exact) mass is 223 g/mol. The molecule has 0 saturated heterocycles. The Morgan fingerprint density at radius 3 is 2.73 bits per heavy atom. The van der Waals surface area contributed by atoms with E-state index in [1.807, 2.05) is 11.3 Å². The van der Waals surface area contributed by atoms with Gasteiger partial charge >= 0.3 is 0 Å².